The predicted octanol–water partition coefficient (Wildman–Crippen LogP) is 1.67. The number of nitrogens with zero attached hydrogens (tertiary/aromatic N) is 3. The molecule has 2 fully saturated rings. The van der Waals surface area contributed by atoms with Crippen molar-refractivity contribution < 1.29 is 23.4 Å². The first kappa shape index (κ1) is 17.9. The van der Waals surface area contributed by atoms with Gasteiger partial charge in [0.05, 0.1) is 12.1 Å². The van der Waals surface area contributed by atoms with Crippen molar-refractivity contribution >= 4 is 5.91 Å². The predicted molar refractivity (Wildman–Crippen MR) is 93.7 cm³/mol. The number of benzene rings is 1. The van der Waals surface area contributed by atoms with Crippen LogP contribution in [0.25, 0.3) is 0 Å². The van der Waals surface area contributed by atoms with Crippen LogP contribution in [0.4, 0.5) is 4.39 Å². The minimum absolute atomic E-state index is 0.00421. The summed E-state index contributed by atoms with van der Waals surface area (Å²) in [6.07, 6.45) is 3.02. The fourth-order valence-corrected chi connectivity index (χ4v) is 3.71. The topological polar surface area (TPSA) is 79.0 Å². The van der Waals surface area contributed by atoms with Gasteiger partial charge in [0, 0.05) is 19.2 Å². The number of aliphatic hydroxyl groups excluding tert-OH is 1. The third-order valence-corrected chi connectivity index (χ3v) is 5.09. The van der Waals surface area contributed by atoms with E-state index in [1.54, 1.807) is 17.0 Å². The van der Waals surface area contributed by atoms with Gasteiger partial charge < -0.3 is 19.2 Å². The van der Waals surface area contributed by atoms with Gasteiger partial charge in [0.2, 0.25) is 5.89 Å². The van der Waals surface area contributed by atoms with Crippen molar-refractivity contribution in [2.45, 2.75) is 31.6 Å². The van der Waals surface area contributed by atoms with Crippen molar-refractivity contribution in [2.75, 3.05) is 26.2 Å². The Bertz CT molecular complexity index is 806. The second kappa shape index (κ2) is 7.66. The second-order valence-electron chi connectivity index (χ2n) is 6.96. The van der Waals surface area contributed by atoms with Crippen molar-refractivity contribution in [1.29, 1.82) is 0 Å². The fraction of sp³-hybridized carbons (Fsp3) is 0.474. The van der Waals surface area contributed by atoms with Gasteiger partial charge in [0.1, 0.15) is 17.8 Å². The highest BCUT2D eigenvalue weighted by molar-refractivity contribution is 5.92. The van der Waals surface area contributed by atoms with Gasteiger partial charge in [-0.05, 0) is 38.1 Å². The Morgan fingerprint density at radius 1 is 1.33 bits per heavy atom. The minimum atomic E-state index is -0.547. The number of likely N-dealkylation sites (tertiary alicyclic amines) is 2. The van der Waals surface area contributed by atoms with Crippen LogP contribution in [0.15, 0.2) is 34.9 Å². The van der Waals surface area contributed by atoms with Crippen LogP contribution in [0, 0.1) is 5.82 Å². The van der Waals surface area contributed by atoms with E-state index in [1.807, 2.05) is 0 Å². The van der Waals surface area contributed by atoms with E-state index in [0.717, 1.165) is 25.9 Å². The first-order chi connectivity index (χ1) is 13.1. The van der Waals surface area contributed by atoms with Crippen LogP contribution >= 0.6 is 0 Å². The SMILES string of the molecule is O=C(c1coc(COc2cccc(F)c2)n1)N1C[C@@H](O)[C@H](N2CCCC2)C1. The Morgan fingerprint density at radius 2 is 2.15 bits per heavy atom. The zero-order chi connectivity index (χ0) is 18.8. The lowest BCUT2D eigenvalue weighted by atomic mass is 10.2. The van der Waals surface area contributed by atoms with E-state index in [-0.39, 0.29) is 30.1 Å². The Morgan fingerprint density at radius 3 is 2.93 bits per heavy atom. The van der Waals surface area contributed by atoms with Crippen LogP contribution in [0.1, 0.15) is 29.2 Å². The molecule has 0 radical (unpaired) electrons. The van der Waals surface area contributed by atoms with Crippen LogP contribution in [0.5, 0.6) is 5.75 Å². The summed E-state index contributed by atoms with van der Waals surface area (Å²) in [4.78, 5) is 20.7. The zero-order valence-corrected chi connectivity index (χ0v) is 14.9. The number of hydrogen-bond donors (Lipinski definition) is 1. The van der Waals surface area contributed by atoms with Crippen molar-refractivity contribution in [3.63, 3.8) is 0 Å². The van der Waals surface area contributed by atoms with Crippen molar-refractivity contribution in [2.24, 2.45) is 0 Å². The normalized spacial score (nSPS) is 23.1. The first-order valence-corrected chi connectivity index (χ1v) is 9.14. The van der Waals surface area contributed by atoms with Gasteiger partial charge >= 0.3 is 0 Å². The van der Waals surface area contributed by atoms with Gasteiger partial charge in [-0.15, -0.1) is 0 Å². The van der Waals surface area contributed by atoms with Crippen LogP contribution in [-0.4, -0.2) is 64.1 Å². The molecule has 0 unspecified atom stereocenters. The van der Waals surface area contributed by atoms with E-state index in [0.29, 0.717) is 18.8 Å². The smallest absolute Gasteiger partial charge is 0.275 e. The quantitative estimate of drug-likeness (QED) is 0.857. The third-order valence-electron chi connectivity index (χ3n) is 5.09. The summed E-state index contributed by atoms with van der Waals surface area (Å²) in [7, 11) is 0. The Labute approximate surface area is 156 Å². The molecule has 144 valence electrons. The molecule has 0 bridgehead atoms. The number of halogens is 1. The summed E-state index contributed by atoms with van der Waals surface area (Å²) >= 11 is 0. The van der Waals surface area contributed by atoms with E-state index < -0.39 is 11.9 Å². The van der Waals surface area contributed by atoms with E-state index in [2.05, 4.69) is 9.88 Å². The average molecular weight is 375 g/mol. The number of hydrogen-bond acceptors (Lipinski definition) is 6. The molecule has 7 nitrogen and oxygen atoms in total. The van der Waals surface area contributed by atoms with E-state index in [4.69, 9.17) is 9.15 Å². The van der Waals surface area contributed by atoms with Crippen molar-refractivity contribution in [3.8, 4) is 5.75 Å². The highest BCUT2D eigenvalue weighted by Gasteiger charge is 2.39. The molecule has 0 spiro atoms. The number of β-amino-alcohol motifs (C(OH)–C–C–N with tert-alkyl or cyclic N) is 1. The maximum absolute atomic E-state index is 13.2. The van der Waals surface area contributed by atoms with Gasteiger partial charge in [-0.3, -0.25) is 9.69 Å². The molecule has 2 aromatic rings. The molecule has 2 saturated heterocycles. The van der Waals surface area contributed by atoms with Gasteiger partial charge in [-0.1, -0.05) is 6.07 Å². The third kappa shape index (κ3) is 3.96. The molecule has 2 aliphatic rings. The van der Waals surface area contributed by atoms with Gasteiger partial charge in [-0.2, -0.15) is 0 Å². The van der Waals surface area contributed by atoms with Gasteiger partial charge in [0.15, 0.2) is 12.3 Å². The summed E-state index contributed by atoms with van der Waals surface area (Å²) in [6, 6.07) is 5.75. The standard InChI is InChI=1S/C19H22FN3O4/c20-13-4-3-5-14(8-13)26-12-18-21-15(11-27-18)19(25)23-9-16(17(24)10-23)22-6-1-2-7-22/h3-5,8,11,16-17,24H,1-2,6-7,9-10,12H2/t16-,17-/m1/s1. The molecule has 1 amide bonds. The molecule has 8 heteroatoms. The lowest BCUT2D eigenvalue weighted by molar-refractivity contribution is 0.0757. The van der Waals surface area contributed by atoms with Crippen LogP contribution in [0.3, 0.4) is 0 Å². The molecule has 3 heterocycles. The van der Waals surface area contributed by atoms with Crippen LogP contribution in [0.2, 0.25) is 0 Å². The van der Waals surface area contributed by atoms with Gasteiger partial charge in [0.25, 0.3) is 5.91 Å². The summed E-state index contributed by atoms with van der Waals surface area (Å²) in [5, 5.41) is 10.3. The molecule has 1 aromatic carbocycles. The highest BCUT2D eigenvalue weighted by atomic mass is 19.1. The molecule has 0 saturated carbocycles. The Kier molecular flexibility index (Phi) is 5.09. The molecule has 2 atom stereocenters. The van der Waals surface area contributed by atoms with Crippen LogP contribution < -0.4 is 4.74 Å². The molecular formula is C19H22FN3O4. The lowest BCUT2D eigenvalue weighted by Crippen LogP contribution is -2.41. The number of rotatable bonds is 5. The van der Waals surface area contributed by atoms with E-state index in [1.165, 1.54) is 18.4 Å². The highest BCUT2D eigenvalue weighted by Crippen LogP contribution is 2.22. The molecule has 2 aliphatic heterocycles. The summed E-state index contributed by atoms with van der Waals surface area (Å²) in [5.41, 5.74) is 0.183. The number of carbonyl (C=O) groups is 1. The minimum Gasteiger partial charge on any atom is -0.484 e. The zero-order valence-electron chi connectivity index (χ0n) is 14.9. The molecule has 27 heavy (non-hydrogen) atoms. The summed E-state index contributed by atoms with van der Waals surface area (Å²) in [6.45, 7) is 2.71. The number of amides is 1. The first-order valence-electron chi connectivity index (χ1n) is 9.14. The second-order valence-corrected chi connectivity index (χ2v) is 6.96. The van der Waals surface area contributed by atoms with E-state index in [9.17, 15) is 14.3 Å². The molecule has 4 rings (SSSR count). The number of carbonyl (C=O) groups excluding carboxylic acids is 1. The number of oxazole rings is 1. The largest absolute Gasteiger partial charge is 0.484 e. The molecule has 1 aromatic heterocycles. The van der Waals surface area contributed by atoms with Crippen LogP contribution in [-0.2, 0) is 6.61 Å². The Hall–Kier alpha value is -2.45. The molecule has 0 aliphatic carbocycles. The maximum atomic E-state index is 13.2. The Balaban J connectivity index is 1.36. The molecular weight excluding hydrogens is 353 g/mol. The lowest BCUT2D eigenvalue weighted by Gasteiger charge is -2.25. The number of aliphatic hydroxyl groups is 1. The fourth-order valence-electron chi connectivity index (χ4n) is 3.71. The summed E-state index contributed by atoms with van der Waals surface area (Å²) < 4.78 is 23.9. The maximum Gasteiger partial charge on any atom is 0.275 e. The van der Waals surface area contributed by atoms with Gasteiger partial charge in [-0.25, -0.2) is 9.37 Å². The summed E-state index contributed by atoms with van der Waals surface area (Å²) in [5.74, 6) is -0.0666. The molecule has 1 N–H and O–H groups in total. The van der Waals surface area contributed by atoms with Crippen molar-refractivity contribution in [1.82, 2.24) is 14.8 Å². The number of aromatic nitrogens is 1. The monoisotopic (exact) mass is 375 g/mol. The number of ether oxygens (including phenoxy) is 1. The average Bonchev–Trinajstić information content (AvgIpc) is 3.40. The van der Waals surface area contributed by atoms with Crippen molar-refractivity contribution in [3.05, 3.63) is 47.9 Å². The van der Waals surface area contributed by atoms with E-state index >= 15 is 0 Å².